The molecule has 2 aromatic carbocycles. The Kier molecular flexibility index (Phi) is 5.29. The first-order valence-corrected chi connectivity index (χ1v) is 9.87. The number of nitrogens with zero attached hydrogens (tertiary/aromatic N) is 3. The van der Waals surface area contributed by atoms with Gasteiger partial charge >= 0.3 is 6.03 Å². The van der Waals surface area contributed by atoms with Crippen molar-refractivity contribution >= 4 is 34.9 Å². The number of fused-ring (bicyclic) bond motifs is 1. The Labute approximate surface area is 173 Å². The second-order valence-electron chi connectivity index (χ2n) is 6.98. The summed E-state index contributed by atoms with van der Waals surface area (Å²) in [5.41, 5.74) is 3.65. The van der Waals surface area contributed by atoms with E-state index in [2.05, 4.69) is 28.2 Å². The number of nitrogens with one attached hydrogen (secondary N) is 1. The van der Waals surface area contributed by atoms with E-state index in [1.807, 2.05) is 12.1 Å². The number of anilines is 1. The van der Waals surface area contributed by atoms with Crippen LogP contribution in [0.3, 0.4) is 0 Å². The Hall–Kier alpha value is -2.50. The molecule has 144 valence electrons. The second-order valence-corrected chi connectivity index (χ2v) is 7.86. The van der Waals surface area contributed by atoms with Crippen LogP contribution in [0.4, 0.5) is 10.5 Å². The minimum Gasteiger partial charge on any atom is -0.334 e. The summed E-state index contributed by atoms with van der Waals surface area (Å²) in [5.74, 6) is 1.15. The van der Waals surface area contributed by atoms with Crippen LogP contribution in [0.2, 0.25) is 10.0 Å². The van der Waals surface area contributed by atoms with Gasteiger partial charge in [-0.2, -0.15) is 0 Å². The Morgan fingerprint density at radius 2 is 2.00 bits per heavy atom. The third kappa shape index (κ3) is 4.16. The molecule has 0 fully saturated rings. The fraction of sp³-hybridized carbons (Fsp3) is 0.238. The highest BCUT2D eigenvalue weighted by molar-refractivity contribution is 6.35. The number of urea groups is 1. The summed E-state index contributed by atoms with van der Waals surface area (Å²) in [7, 11) is 1.75. The van der Waals surface area contributed by atoms with Crippen LogP contribution in [0.25, 0.3) is 11.3 Å². The third-order valence-corrected chi connectivity index (χ3v) is 5.20. The standard InChI is InChI=1S/C21H20Cl2N4O/c1-26(21(28)24-18-10-16(22)9-17(23)11-18)12-14-4-2-5-15(8-14)19-13-27-7-3-6-20(27)25-19/h2,4-5,8-11,13H,3,6-7,12H2,1H3,(H,24,28). The van der Waals surface area contributed by atoms with Gasteiger partial charge in [-0.05, 0) is 36.2 Å². The molecule has 2 amide bonds. The molecule has 28 heavy (non-hydrogen) atoms. The number of benzene rings is 2. The zero-order valence-electron chi connectivity index (χ0n) is 15.5. The molecule has 7 heteroatoms. The van der Waals surface area contributed by atoms with Crippen molar-refractivity contribution in [2.24, 2.45) is 0 Å². The van der Waals surface area contributed by atoms with Gasteiger partial charge in [0.2, 0.25) is 0 Å². The fourth-order valence-electron chi connectivity index (χ4n) is 3.41. The quantitative estimate of drug-likeness (QED) is 0.615. The van der Waals surface area contributed by atoms with Crippen molar-refractivity contribution in [3.63, 3.8) is 0 Å². The van der Waals surface area contributed by atoms with Crippen molar-refractivity contribution in [1.29, 1.82) is 0 Å². The molecule has 1 aliphatic rings. The van der Waals surface area contributed by atoms with Gasteiger partial charge in [-0.3, -0.25) is 0 Å². The van der Waals surface area contributed by atoms with Crippen LogP contribution in [-0.2, 0) is 19.5 Å². The largest absolute Gasteiger partial charge is 0.334 e. The minimum absolute atomic E-state index is 0.232. The normalized spacial score (nSPS) is 12.7. The molecule has 0 atom stereocenters. The van der Waals surface area contributed by atoms with Gasteiger partial charge in [0.25, 0.3) is 0 Å². The summed E-state index contributed by atoms with van der Waals surface area (Å²) in [6, 6.07) is 12.9. The van der Waals surface area contributed by atoms with E-state index < -0.39 is 0 Å². The number of rotatable bonds is 4. The molecule has 1 aromatic heterocycles. The van der Waals surface area contributed by atoms with Crippen molar-refractivity contribution in [3.05, 3.63) is 70.1 Å². The topological polar surface area (TPSA) is 50.2 Å². The number of halogens is 2. The van der Waals surface area contributed by atoms with Crippen LogP contribution in [-0.4, -0.2) is 27.5 Å². The first kappa shape index (κ1) is 18.8. The molecule has 4 rings (SSSR count). The summed E-state index contributed by atoms with van der Waals surface area (Å²) >= 11 is 12.0. The fourth-order valence-corrected chi connectivity index (χ4v) is 3.94. The first-order valence-electron chi connectivity index (χ1n) is 9.11. The van der Waals surface area contributed by atoms with Crippen molar-refractivity contribution in [3.8, 4) is 11.3 Å². The van der Waals surface area contributed by atoms with E-state index in [1.165, 1.54) is 6.42 Å². The summed E-state index contributed by atoms with van der Waals surface area (Å²) in [6.07, 6.45) is 4.32. The Balaban J connectivity index is 1.45. The molecule has 1 N–H and O–H groups in total. The Bertz CT molecular complexity index is 989. The molecule has 0 unspecified atom stereocenters. The number of aromatic nitrogens is 2. The summed E-state index contributed by atoms with van der Waals surface area (Å²) in [5, 5.41) is 3.77. The van der Waals surface area contributed by atoms with E-state index in [1.54, 1.807) is 30.1 Å². The van der Waals surface area contributed by atoms with E-state index in [9.17, 15) is 4.79 Å². The zero-order valence-corrected chi connectivity index (χ0v) is 17.0. The van der Waals surface area contributed by atoms with Gasteiger partial charge in [0.1, 0.15) is 5.82 Å². The Morgan fingerprint density at radius 1 is 1.21 bits per heavy atom. The molecule has 0 saturated carbocycles. The van der Waals surface area contributed by atoms with Crippen LogP contribution in [0.1, 0.15) is 17.8 Å². The van der Waals surface area contributed by atoms with Crippen LogP contribution < -0.4 is 5.32 Å². The summed E-state index contributed by atoms with van der Waals surface area (Å²) in [4.78, 5) is 18.8. The maximum atomic E-state index is 12.5. The molecule has 0 bridgehead atoms. The smallest absolute Gasteiger partial charge is 0.321 e. The van der Waals surface area contributed by atoms with Crippen LogP contribution in [0, 0.1) is 0 Å². The number of imidazole rings is 1. The molecule has 2 heterocycles. The second kappa shape index (κ2) is 7.86. The zero-order chi connectivity index (χ0) is 19.7. The van der Waals surface area contributed by atoms with Gasteiger partial charge < -0.3 is 14.8 Å². The van der Waals surface area contributed by atoms with Crippen LogP contribution >= 0.6 is 23.2 Å². The molecular formula is C21H20Cl2N4O. The average Bonchev–Trinajstić information content (AvgIpc) is 3.23. The van der Waals surface area contributed by atoms with E-state index in [-0.39, 0.29) is 6.03 Å². The summed E-state index contributed by atoms with van der Waals surface area (Å²) in [6.45, 7) is 1.51. The van der Waals surface area contributed by atoms with E-state index in [0.29, 0.717) is 22.3 Å². The first-order chi connectivity index (χ1) is 13.5. The predicted molar refractivity (Wildman–Crippen MR) is 113 cm³/mol. The lowest BCUT2D eigenvalue weighted by Crippen LogP contribution is -2.30. The van der Waals surface area contributed by atoms with Gasteiger partial charge in [-0.1, -0.05) is 41.4 Å². The maximum Gasteiger partial charge on any atom is 0.321 e. The average molecular weight is 415 g/mol. The van der Waals surface area contributed by atoms with E-state index in [0.717, 1.165) is 35.6 Å². The number of hydrogen-bond acceptors (Lipinski definition) is 2. The molecule has 0 radical (unpaired) electrons. The molecule has 0 saturated heterocycles. The number of amides is 2. The minimum atomic E-state index is -0.232. The predicted octanol–water partition coefficient (Wildman–Crippen LogP) is 5.47. The monoisotopic (exact) mass is 414 g/mol. The SMILES string of the molecule is CN(Cc1cccc(-c2cn3c(n2)CCC3)c1)C(=O)Nc1cc(Cl)cc(Cl)c1. The molecule has 0 spiro atoms. The highest BCUT2D eigenvalue weighted by atomic mass is 35.5. The maximum absolute atomic E-state index is 12.5. The molecular weight excluding hydrogens is 395 g/mol. The third-order valence-electron chi connectivity index (χ3n) is 4.76. The van der Waals surface area contributed by atoms with Gasteiger partial charge in [0.05, 0.1) is 5.69 Å². The molecule has 0 aliphatic carbocycles. The van der Waals surface area contributed by atoms with Crippen molar-refractivity contribution in [2.45, 2.75) is 25.9 Å². The van der Waals surface area contributed by atoms with Crippen molar-refractivity contribution < 1.29 is 4.79 Å². The molecule has 3 aromatic rings. The van der Waals surface area contributed by atoms with E-state index in [4.69, 9.17) is 28.2 Å². The molecule has 1 aliphatic heterocycles. The lowest BCUT2D eigenvalue weighted by molar-refractivity contribution is 0.220. The van der Waals surface area contributed by atoms with Crippen LogP contribution in [0.15, 0.2) is 48.7 Å². The van der Waals surface area contributed by atoms with Gasteiger partial charge in [-0.25, -0.2) is 9.78 Å². The summed E-state index contributed by atoms with van der Waals surface area (Å²) < 4.78 is 2.22. The number of hydrogen-bond donors (Lipinski definition) is 1. The van der Waals surface area contributed by atoms with E-state index >= 15 is 0 Å². The van der Waals surface area contributed by atoms with Crippen LogP contribution in [0.5, 0.6) is 0 Å². The van der Waals surface area contributed by atoms with Gasteiger partial charge in [-0.15, -0.1) is 0 Å². The Morgan fingerprint density at radius 3 is 2.75 bits per heavy atom. The number of carbonyl (C=O) groups is 1. The number of aryl methyl sites for hydroxylation is 2. The molecule has 5 nitrogen and oxygen atoms in total. The highest BCUT2D eigenvalue weighted by Gasteiger charge is 2.15. The van der Waals surface area contributed by atoms with Crippen molar-refractivity contribution in [1.82, 2.24) is 14.5 Å². The number of carbonyl (C=O) groups excluding carboxylic acids is 1. The van der Waals surface area contributed by atoms with Gasteiger partial charge in [0.15, 0.2) is 0 Å². The highest BCUT2D eigenvalue weighted by Crippen LogP contribution is 2.25. The van der Waals surface area contributed by atoms with Gasteiger partial charge in [0, 0.05) is 54.1 Å². The van der Waals surface area contributed by atoms with Crippen molar-refractivity contribution in [2.75, 3.05) is 12.4 Å². The lowest BCUT2D eigenvalue weighted by Gasteiger charge is -2.18. The lowest BCUT2D eigenvalue weighted by atomic mass is 10.1.